The van der Waals surface area contributed by atoms with Crippen LogP contribution in [0.1, 0.15) is 14.9 Å². The van der Waals surface area contributed by atoms with Gasteiger partial charge in [-0.25, -0.2) is 4.21 Å². The minimum absolute atomic E-state index is 0.00473. The van der Waals surface area contributed by atoms with Gasteiger partial charge in [-0.3, -0.25) is 4.18 Å². The van der Waals surface area contributed by atoms with Crippen LogP contribution in [0.15, 0.2) is 24.3 Å². The van der Waals surface area contributed by atoms with Crippen LogP contribution in [0.2, 0.25) is 0 Å². The quantitative estimate of drug-likeness (QED) is 0.624. The van der Waals surface area contributed by atoms with E-state index in [1.54, 1.807) is 0 Å². The zero-order valence-electron chi connectivity index (χ0n) is 6.98. The maximum atomic E-state index is 10.2. The summed E-state index contributed by atoms with van der Waals surface area (Å²) < 4.78 is 24.9. The van der Waals surface area contributed by atoms with Crippen LogP contribution >= 0.6 is 31.9 Å². The number of hydrogen-bond acceptors (Lipinski definition) is 3. The van der Waals surface area contributed by atoms with Gasteiger partial charge < -0.3 is 4.55 Å². The van der Waals surface area contributed by atoms with E-state index in [2.05, 4.69) is 36.0 Å². The van der Waals surface area contributed by atoms with Gasteiger partial charge in [-0.15, -0.1) is 0 Å². The lowest BCUT2D eigenvalue weighted by Crippen LogP contribution is -1.99. The van der Waals surface area contributed by atoms with Gasteiger partial charge in [0.15, 0.2) is 0 Å². The lowest BCUT2D eigenvalue weighted by Gasteiger charge is -2.11. The van der Waals surface area contributed by atoms with E-state index in [0.29, 0.717) is 0 Å². The van der Waals surface area contributed by atoms with Crippen LogP contribution in [-0.2, 0) is 22.2 Å². The van der Waals surface area contributed by atoms with Gasteiger partial charge in [-0.2, -0.15) is 0 Å². The van der Waals surface area contributed by atoms with Crippen molar-refractivity contribution >= 4 is 43.2 Å². The minimum Gasteiger partial charge on any atom is -0.750 e. The first-order valence-corrected chi connectivity index (χ1v) is 6.53. The molecule has 0 radical (unpaired) electrons. The summed E-state index contributed by atoms with van der Waals surface area (Å²) in [5, 5.41) is 0. The van der Waals surface area contributed by atoms with Gasteiger partial charge in [0.25, 0.3) is 0 Å². The van der Waals surface area contributed by atoms with E-state index in [0.717, 1.165) is 11.1 Å². The van der Waals surface area contributed by atoms with Crippen molar-refractivity contribution in [2.75, 3.05) is 0 Å². The second-order valence-electron chi connectivity index (χ2n) is 2.47. The molecule has 3 nitrogen and oxygen atoms in total. The van der Waals surface area contributed by atoms with Crippen LogP contribution in [0, 0.1) is 0 Å². The second kappa shape index (κ2) is 5.97. The van der Waals surface area contributed by atoms with E-state index in [9.17, 15) is 8.76 Å². The third kappa shape index (κ3) is 3.78. The van der Waals surface area contributed by atoms with Gasteiger partial charge >= 0.3 is 0 Å². The summed E-state index contributed by atoms with van der Waals surface area (Å²) in [5.74, 6) is 0. The third-order valence-corrected chi connectivity index (χ3v) is 2.90. The highest BCUT2D eigenvalue weighted by Gasteiger charge is 2.07. The average molecular weight is 343 g/mol. The van der Waals surface area contributed by atoms with Gasteiger partial charge in [-0.05, 0) is 11.1 Å². The number of hydrogen-bond donors (Lipinski definition) is 0. The first kappa shape index (κ1) is 12.3. The average Bonchev–Trinajstić information content (AvgIpc) is 2.15. The van der Waals surface area contributed by atoms with E-state index in [1.807, 2.05) is 24.3 Å². The molecule has 0 amide bonds. The highest BCUT2D eigenvalue weighted by molar-refractivity contribution is 9.24. The molecule has 0 aromatic heterocycles. The predicted octanol–water partition coefficient (Wildman–Crippen LogP) is 2.79. The topological polar surface area (TPSA) is 49.4 Å². The molecule has 1 aromatic rings. The number of rotatable bonds is 4. The molecule has 0 spiro atoms. The summed E-state index contributed by atoms with van der Waals surface area (Å²) in [6, 6.07) is 7.42. The maximum absolute atomic E-state index is 10.2. The molecule has 0 heterocycles. The van der Waals surface area contributed by atoms with Crippen molar-refractivity contribution in [2.24, 2.45) is 0 Å². The Hall–Kier alpha value is 0.250. The van der Waals surface area contributed by atoms with Crippen LogP contribution < -0.4 is 0 Å². The van der Waals surface area contributed by atoms with Gasteiger partial charge in [0.2, 0.25) is 0 Å². The van der Waals surface area contributed by atoms with Crippen LogP contribution in [-0.4, -0.2) is 8.76 Å². The SMILES string of the molecule is O=S([O-])OCc1ccccc1C(Br)Br. The fraction of sp³-hybridized carbons (Fsp3) is 0.250. The Labute approximate surface area is 102 Å². The summed E-state index contributed by atoms with van der Waals surface area (Å²) in [7, 11) is 0. The van der Waals surface area contributed by atoms with Gasteiger partial charge in [0.05, 0.1) is 21.7 Å². The number of alkyl halides is 2. The molecule has 78 valence electrons. The fourth-order valence-corrected chi connectivity index (χ4v) is 2.11. The first-order valence-electron chi connectivity index (χ1n) is 3.69. The molecule has 1 unspecified atom stereocenters. The number of benzene rings is 1. The monoisotopic (exact) mass is 341 g/mol. The molecule has 0 saturated carbocycles. The van der Waals surface area contributed by atoms with Crippen LogP contribution in [0.25, 0.3) is 0 Å². The van der Waals surface area contributed by atoms with E-state index < -0.39 is 11.4 Å². The van der Waals surface area contributed by atoms with Crippen molar-refractivity contribution in [3.8, 4) is 0 Å². The lowest BCUT2D eigenvalue weighted by atomic mass is 10.1. The molecular formula is C8H7Br2O3S-. The Morgan fingerprint density at radius 3 is 2.64 bits per heavy atom. The van der Waals surface area contributed by atoms with Crippen LogP contribution in [0.3, 0.4) is 0 Å². The fourth-order valence-electron chi connectivity index (χ4n) is 0.990. The lowest BCUT2D eigenvalue weighted by molar-refractivity contribution is 0.290. The van der Waals surface area contributed by atoms with Gasteiger partial charge in [0, 0.05) is 0 Å². The Kier molecular flexibility index (Phi) is 5.25. The Morgan fingerprint density at radius 1 is 1.43 bits per heavy atom. The summed E-state index contributed by atoms with van der Waals surface area (Å²) in [6.45, 7) is 0.0555. The van der Waals surface area contributed by atoms with Crippen LogP contribution in [0.4, 0.5) is 0 Å². The van der Waals surface area contributed by atoms with Crippen molar-refractivity contribution in [1.29, 1.82) is 0 Å². The summed E-state index contributed by atoms with van der Waals surface area (Å²) in [5.41, 5.74) is 1.79. The van der Waals surface area contributed by atoms with E-state index in [-0.39, 0.29) is 10.3 Å². The third-order valence-electron chi connectivity index (χ3n) is 1.60. The molecule has 1 aromatic carbocycles. The van der Waals surface area contributed by atoms with Crippen molar-refractivity contribution in [3.05, 3.63) is 35.4 Å². The van der Waals surface area contributed by atoms with Gasteiger partial charge in [-0.1, -0.05) is 56.1 Å². The molecule has 0 aliphatic carbocycles. The molecule has 6 heteroatoms. The Bertz CT molecular complexity index is 330. The zero-order chi connectivity index (χ0) is 10.6. The Balaban J connectivity index is 2.79. The molecule has 14 heavy (non-hydrogen) atoms. The molecule has 1 rings (SSSR count). The zero-order valence-corrected chi connectivity index (χ0v) is 11.0. The number of halogens is 2. The summed E-state index contributed by atoms with van der Waals surface area (Å²) in [4.78, 5) is 0. The van der Waals surface area contributed by atoms with Crippen molar-refractivity contribution in [1.82, 2.24) is 0 Å². The first-order chi connectivity index (χ1) is 6.61. The molecule has 0 saturated heterocycles. The molecule has 0 N–H and O–H groups in total. The van der Waals surface area contributed by atoms with E-state index >= 15 is 0 Å². The van der Waals surface area contributed by atoms with Gasteiger partial charge in [0.1, 0.15) is 0 Å². The molecule has 0 aliphatic rings. The van der Waals surface area contributed by atoms with E-state index in [4.69, 9.17) is 0 Å². The summed E-state index contributed by atoms with van der Waals surface area (Å²) in [6.07, 6.45) is 0. The highest BCUT2D eigenvalue weighted by Crippen LogP contribution is 2.31. The maximum Gasteiger partial charge on any atom is 0.0950 e. The predicted molar refractivity (Wildman–Crippen MR) is 60.7 cm³/mol. The minimum atomic E-state index is -2.47. The molecule has 0 bridgehead atoms. The second-order valence-corrected chi connectivity index (χ2v) is 6.17. The van der Waals surface area contributed by atoms with Crippen molar-refractivity contribution < 1.29 is 12.9 Å². The molecule has 0 aliphatic heterocycles. The Morgan fingerprint density at radius 2 is 2.07 bits per heavy atom. The van der Waals surface area contributed by atoms with E-state index in [1.165, 1.54) is 0 Å². The largest absolute Gasteiger partial charge is 0.750 e. The standard InChI is InChI=1S/C8H8Br2O3S/c9-8(10)7-4-2-1-3-6(7)5-13-14(11)12/h1-4,8H,5H2,(H,11,12)/p-1. The highest BCUT2D eigenvalue weighted by atomic mass is 79.9. The van der Waals surface area contributed by atoms with Crippen LogP contribution in [0.5, 0.6) is 0 Å². The van der Waals surface area contributed by atoms with Crippen molar-refractivity contribution in [2.45, 2.75) is 10.3 Å². The molecular weight excluding hydrogens is 336 g/mol. The summed E-state index contributed by atoms with van der Waals surface area (Å²) >= 11 is 4.23. The molecule has 1 atom stereocenters. The van der Waals surface area contributed by atoms with Crippen molar-refractivity contribution in [3.63, 3.8) is 0 Å². The normalized spacial score (nSPS) is 13.1. The molecule has 0 fully saturated rings. The smallest absolute Gasteiger partial charge is 0.0950 e.